The number of carbonyl (C=O) groups is 3. The minimum Gasteiger partial charge on any atom is -0.354 e. The van der Waals surface area contributed by atoms with Crippen molar-refractivity contribution in [3.05, 3.63) is 60.2 Å². The second-order valence-corrected chi connectivity index (χ2v) is 8.42. The van der Waals surface area contributed by atoms with E-state index in [4.69, 9.17) is 0 Å². The van der Waals surface area contributed by atoms with E-state index in [0.29, 0.717) is 24.4 Å². The van der Waals surface area contributed by atoms with E-state index in [1.165, 1.54) is 16.7 Å². The van der Waals surface area contributed by atoms with Crippen LogP contribution >= 0.6 is 11.8 Å². The number of fused-ring (bicyclic) bond motifs is 1. The van der Waals surface area contributed by atoms with Gasteiger partial charge < -0.3 is 20.9 Å². The Balaban J connectivity index is 1.69. The zero-order valence-corrected chi connectivity index (χ0v) is 18.6. The lowest BCUT2D eigenvalue weighted by Crippen LogP contribution is -2.54. The maximum absolute atomic E-state index is 13.3. The summed E-state index contributed by atoms with van der Waals surface area (Å²) in [6.45, 7) is 2.12. The monoisotopic (exact) mass is 440 g/mol. The Morgan fingerprint density at radius 3 is 2.58 bits per heavy atom. The van der Waals surface area contributed by atoms with Crippen molar-refractivity contribution in [2.45, 2.75) is 30.3 Å². The highest BCUT2D eigenvalue weighted by atomic mass is 32.2. The number of thioether (sulfide) groups is 1. The molecule has 0 radical (unpaired) electrons. The van der Waals surface area contributed by atoms with Gasteiger partial charge in [-0.2, -0.15) is 0 Å². The third-order valence-electron chi connectivity index (χ3n) is 5.15. The third kappa shape index (κ3) is 6.08. The Labute approximate surface area is 187 Å². The van der Waals surface area contributed by atoms with Crippen LogP contribution in [0.1, 0.15) is 12.5 Å². The number of para-hydroxylation sites is 1. The molecule has 0 spiro atoms. The molecule has 0 aromatic heterocycles. The van der Waals surface area contributed by atoms with Gasteiger partial charge in [0.2, 0.25) is 11.8 Å². The molecule has 3 rings (SSSR count). The zero-order valence-electron chi connectivity index (χ0n) is 17.8. The summed E-state index contributed by atoms with van der Waals surface area (Å²) in [5, 5.41) is 8.59. The van der Waals surface area contributed by atoms with E-state index in [2.05, 4.69) is 16.0 Å². The molecule has 1 heterocycles. The zero-order chi connectivity index (χ0) is 22.2. The molecule has 3 N–H and O–H groups in total. The number of anilines is 1. The van der Waals surface area contributed by atoms with E-state index in [-0.39, 0.29) is 24.3 Å². The van der Waals surface area contributed by atoms with Crippen molar-refractivity contribution < 1.29 is 14.4 Å². The topological polar surface area (TPSA) is 90.5 Å². The van der Waals surface area contributed by atoms with Crippen LogP contribution in [-0.2, 0) is 20.8 Å². The highest BCUT2D eigenvalue weighted by Crippen LogP contribution is 2.34. The fourth-order valence-corrected chi connectivity index (χ4v) is 4.31. The van der Waals surface area contributed by atoms with Crippen molar-refractivity contribution in [3.63, 3.8) is 0 Å². The third-order valence-corrected chi connectivity index (χ3v) is 6.31. The number of carbonyl (C=O) groups excluding carboxylic acids is 3. The summed E-state index contributed by atoms with van der Waals surface area (Å²) in [4.78, 5) is 40.7. The van der Waals surface area contributed by atoms with Crippen molar-refractivity contribution in [1.29, 1.82) is 0 Å². The first-order chi connectivity index (χ1) is 15.0. The SMILES string of the molecule is CN[C@@H](C)C(=O)NC1CSc2ccccc2N(CC(=O)NCCc2ccccc2)C1=O. The lowest BCUT2D eigenvalue weighted by molar-refractivity contribution is -0.128. The number of nitrogens with one attached hydrogen (secondary N) is 3. The van der Waals surface area contributed by atoms with Gasteiger partial charge in [-0.15, -0.1) is 11.8 Å². The standard InChI is InChI=1S/C23H28N4O3S/c1-16(24-2)22(29)26-18-15-31-20-11-7-6-10-19(20)27(23(18)30)14-21(28)25-13-12-17-8-4-3-5-9-17/h3-11,16,18,24H,12-15H2,1-2H3,(H,25,28)(H,26,29)/t16-,18?/m0/s1. The fraction of sp³-hybridized carbons (Fsp3) is 0.348. The minimum absolute atomic E-state index is 0.0981. The summed E-state index contributed by atoms with van der Waals surface area (Å²) in [6.07, 6.45) is 0.716. The molecule has 0 saturated carbocycles. The Bertz CT molecular complexity index is 922. The summed E-state index contributed by atoms with van der Waals surface area (Å²) in [7, 11) is 1.69. The predicted molar refractivity (Wildman–Crippen MR) is 123 cm³/mol. The average Bonchev–Trinajstić information content (AvgIpc) is 2.91. The van der Waals surface area contributed by atoms with Gasteiger partial charge in [-0.3, -0.25) is 14.4 Å². The molecule has 0 bridgehead atoms. The molecule has 7 nitrogen and oxygen atoms in total. The van der Waals surface area contributed by atoms with E-state index in [1.807, 2.05) is 54.6 Å². The highest BCUT2D eigenvalue weighted by Gasteiger charge is 2.33. The summed E-state index contributed by atoms with van der Waals surface area (Å²) < 4.78 is 0. The average molecular weight is 441 g/mol. The van der Waals surface area contributed by atoms with Crippen LogP contribution in [0.4, 0.5) is 5.69 Å². The van der Waals surface area contributed by atoms with Gasteiger partial charge in [0.05, 0.1) is 11.7 Å². The second-order valence-electron chi connectivity index (χ2n) is 7.36. The van der Waals surface area contributed by atoms with E-state index in [9.17, 15) is 14.4 Å². The lowest BCUT2D eigenvalue weighted by atomic mass is 10.1. The van der Waals surface area contributed by atoms with Crippen molar-refractivity contribution in [1.82, 2.24) is 16.0 Å². The molecule has 2 aromatic carbocycles. The Kier molecular flexibility index (Phi) is 8.08. The largest absolute Gasteiger partial charge is 0.354 e. The molecule has 2 aromatic rings. The van der Waals surface area contributed by atoms with Gasteiger partial charge in [0, 0.05) is 17.2 Å². The number of hydrogen-bond acceptors (Lipinski definition) is 5. The van der Waals surface area contributed by atoms with E-state index < -0.39 is 12.1 Å². The molecule has 1 aliphatic heterocycles. The molecule has 31 heavy (non-hydrogen) atoms. The predicted octanol–water partition coefficient (Wildman–Crippen LogP) is 1.58. The second kappa shape index (κ2) is 11.0. The normalized spacial score (nSPS) is 16.8. The molecule has 1 unspecified atom stereocenters. The first kappa shape index (κ1) is 22.8. The van der Waals surface area contributed by atoms with E-state index in [0.717, 1.165) is 10.5 Å². The van der Waals surface area contributed by atoms with E-state index >= 15 is 0 Å². The number of benzene rings is 2. The summed E-state index contributed by atoms with van der Waals surface area (Å²) in [6, 6.07) is 16.3. The van der Waals surface area contributed by atoms with Crippen LogP contribution in [0, 0.1) is 0 Å². The van der Waals surface area contributed by atoms with Crippen molar-refractivity contribution in [2.24, 2.45) is 0 Å². The van der Waals surface area contributed by atoms with Gasteiger partial charge in [0.15, 0.2) is 0 Å². The number of amides is 3. The Hall–Kier alpha value is -2.84. The Morgan fingerprint density at radius 1 is 1.13 bits per heavy atom. The molecule has 8 heteroatoms. The van der Waals surface area contributed by atoms with Crippen molar-refractivity contribution in [3.8, 4) is 0 Å². The van der Waals surface area contributed by atoms with Gasteiger partial charge in [0.1, 0.15) is 12.6 Å². The highest BCUT2D eigenvalue weighted by molar-refractivity contribution is 7.99. The summed E-state index contributed by atoms with van der Waals surface area (Å²) in [5.74, 6) is -0.365. The van der Waals surface area contributed by atoms with Gasteiger partial charge >= 0.3 is 0 Å². The van der Waals surface area contributed by atoms with Crippen LogP contribution in [-0.4, -0.2) is 55.7 Å². The molecule has 0 aliphatic carbocycles. The number of rotatable bonds is 8. The van der Waals surface area contributed by atoms with Crippen LogP contribution in [0.25, 0.3) is 0 Å². The van der Waals surface area contributed by atoms with Crippen molar-refractivity contribution >= 4 is 35.2 Å². The maximum atomic E-state index is 13.3. The van der Waals surface area contributed by atoms with Crippen LogP contribution in [0.5, 0.6) is 0 Å². The molecular weight excluding hydrogens is 412 g/mol. The number of likely N-dealkylation sites (N-methyl/N-ethyl adjacent to an activating group) is 1. The van der Waals surface area contributed by atoms with Crippen LogP contribution in [0.3, 0.4) is 0 Å². The van der Waals surface area contributed by atoms with Gasteiger partial charge in [-0.05, 0) is 38.1 Å². The van der Waals surface area contributed by atoms with E-state index in [1.54, 1.807) is 14.0 Å². The van der Waals surface area contributed by atoms with Crippen LogP contribution < -0.4 is 20.9 Å². The van der Waals surface area contributed by atoms with Crippen LogP contribution in [0.2, 0.25) is 0 Å². The van der Waals surface area contributed by atoms with Gasteiger partial charge in [0.25, 0.3) is 5.91 Å². The summed E-state index contributed by atoms with van der Waals surface area (Å²) in [5.41, 5.74) is 1.82. The van der Waals surface area contributed by atoms with Crippen LogP contribution in [0.15, 0.2) is 59.5 Å². The number of hydrogen-bond donors (Lipinski definition) is 3. The first-order valence-electron chi connectivity index (χ1n) is 10.3. The maximum Gasteiger partial charge on any atom is 0.250 e. The minimum atomic E-state index is -0.710. The smallest absolute Gasteiger partial charge is 0.250 e. The van der Waals surface area contributed by atoms with Gasteiger partial charge in [-0.1, -0.05) is 42.5 Å². The molecular formula is C23H28N4O3S. The molecule has 3 amide bonds. The first-order valence-corrected chi connectivity index (χ1v) is 11.3. The van der Waals surface area contributed by atoms with Gasteiger partial charge in [-0.25, -0.2) is 0 Å². The molecule has 0 fully saturated rings. The lowest BCUT2D eigenvalue weighted by Gasteiger charge is -2.26. The molecule has 2 atom stereocenters. The quantitative estimate of drug-likeness (QED) is 0.580. The molecule has 0 saturated heterocycles. The number of nitrogens with zero attached hydrogens (tertiary/aromatic N) is 1. The fourth-order valence-electron chi connectivity index (χ4n) is 3.24. The molecule has 1 aliphatic rings. The molecule has 164 valence electrons. The summed E-state index contributed by atoms with van der Waals surface area (Å²) >= 11 is 1.50. The Morgan fingerprint density at radius 2 is 1.84 bits per heavy atom. The van der Waals surface area contributed by atoms with Crippen molar-refractivity contribution in [2.75, 3.05) is 30.8 Å².